The molecule has 0 spiro atoms. The number of aliphatic hydroxyl groups is 2. The van der Waals surface area contributed by atoms with Crippen LogP contribution in [0.4, 0.5) is 87.8 Å². The molecular formula is C54H58F20O16. The Morgan fingerprint density at radius 3 is 0.711 bits per heavy atom. The van der Waals surface area contributed by atoms with Gasteiger partial charge in [0.15, 0.2) is 35.6 Å². The van der Waals surface area contributed by atoms with Gasteiger partial charge in [0.2, 0.25) is 116 Å². The van der Waals surface area contributed by atoms with Crippen LogP contribution in [0.1, 0.15) is 39.5 Å². The molecule has 0 saturated carbocycles. The topological polar surface area (TPSA) is 170 Å². The standard InChI is InChI=1S/C54H58F20O16/c1-25(89-29(23-87-53-47(71)39(63)33(57)40(64)48(53)72)21-81-9-5-3-7-79-17-27(75)19-85-51-43(67)35(59)31(55)36(60)44(51)68)83-15-13-77-11-12-78-14-16-84-26(2)90-30(24-88-54-49(73)41(65)34(58)42(66)50(54)74)22-82-10-6-4-8-80-18-28(76)20-86-52-45(69)37(61)32(56)38(62)46(52)70/h25-30,75-76H,3-24H2,1-2H3. The number of rotatable bonds is 45. The lowest BCUT2D eigenvalue weighted by Gasteiger charge is -2.23. The first-order valence-corrected chi connectivity index (χ1v) is 26.6. The van der Waals surface area contributed by atoms with E-state index in [0.29, 0.717) is 0 Å². The molecule has 4 aromatic rings. The third-order valence-corrected chi connectivity index (χ3v) is 11.5. The van der Waals surface area contributed by atoms with Gasteiger partial charge in [-0.05, 0) is 39.5 Å². The summed E-state index contributed by atoms with van der Waals surface area (Å²) in [5.74, 6) is -52.3. The number of aliphatic hydroxyl groups excluding tert-OH is 2. The molecule has 6 atom stereocenters. The molecule has 0 aliphatic carbocycles. The van der Waals surface area contributed by atoms with Gasteiger partial charge in [-0.1, -0.05) is 0 Å². The van der Waals surface area contributed by atoms with E-state index in [-0.39, 0.29) is 91.8 Å². The lowest BCUT2D eigenvalue weighted by atomic mass is 10.2. The van der Waals surface area contributed by atoms with Crippen LogP contribution in [0.5, 0.6) is 23.0 Å². The second-order valence-corrected chi connectivity index (χ2v) is 18.5. The zero-order chi connectivity index (χ0) is 66.8. The smallest absolute Gasteiger partial charge is 0.206 e. The van der Waals surface area contributed by atoms with Gasteiger partial charge in [0, 0.05) is 26.4 Å². The zero-order valence-corrected chi connectivity index (χ0v) is 47.2. The highest BCUT2D eigenvalue weighted by Crippen LogP contribution is 2.33. The number of benzene rings is 4. The second-order valence-electron chi connectivity index (χ2n) is 18.5. The fourth-order valence-electron chi connectivity index (χ4n) is 7.08. The van der Waals surface area contributed by atoms with Gasteiger partial charge in [-0.2, -0.15) is 35.1 Å². The molecule has 2 N–H and O–H groups in total. The van der Waals surface area contributed by atoms with E-state index >= 15 is 0 Å². The molecule has 510 valence electrons. The fourth-order valence-corrected chi connectivity index (χ4v) is 7.08. The predicted octanol–water partition coefficient (Wildman–Crippen LogP) is 9.96. The third kappa shape index (κ3) is 23.1. The molecule has 0 heterocycles. The molecular weight excluding hydrogens is 1280 g/mol. The molecule has 0 amide bonds. The van der Waals surface area contributed by atoms with E-state index < -0.39 is 229 Å². The van der Waals surface area contributed by atoms with Crippen LogP contribution in [0.15, 0.2) is 0 Å². The van der Waals surface area contributed by atoms with Gasteiger partial charge in [0.25, 0.3) is 0 Å². The van der Waals surface area contributed by atoms with Crippen molar-refractivity contribution in [3.63, 3.8) is 0 Å². The molecule has 36 heteroatoms. The van der Waals surface area contributed by atoms with Crippen molar-refractivity contribution in [1.29, 1.82) is 0 Å². The van der Waals surface area contributed by atoms with E-state index in [1.165, 1.54) is 13.8 Å². The Bertz CT molecular complexity index is 2580. The van der Waals surface area contributed by atoms with E-state index in [2.05, 4.69) is 9.47 Å². The summed E-state index contributed by atoms with van der Waals surface area (Å²) in [6.07, 6.45) is -7.07. The maximum absolute atomic E-state index is 14.3. The second kappa shape index (κ2) is 38.9. The van der Waals surface area contributed by atoms with Crippen LogP contribution in [-0.4, -0.2) is 166 Å². The summed E-state index contributed by atoms with van der Waals surface area (Å²) < 4.78 is 349. The van der Waals surface area contributed by atoms with Crippen LogP contribution in [-0.2, 0) is 47.4 Å². The molecule has 0 aliphatic heterocycles. The van der Waals surface area contributed by atoms with Crippen LogP contribution in [0.2, 0.25) is 0 Å². The molecule has 16 nitrogen and oxygen atoms in total. The summed E-state index contributed by atoms with van der Waals surface area (Å²) in [5, 5.41) is 19.9. The van der Waals surface area contributed by atoms with Crippen molar-refractivity contribution in [2.24, 2.45) is 0 Å². The van der Waals surface area contributed by atoms with Crippen LogP contribution in [0, 0.1) is 116 Å². The maximum atomic E-state index is 14.3. The lowest BCUT2D eigenvalue weighted by molar-refractivity contribution is -0.186. The molecule has 0 aromatic heterocycles. The lowest BCUT2D eigenvalue weighted by Crippen LogP contribution is -2.33. The third-order valence-electron chi connectivity index (χ3n) is 11.5. The maximum Gasteiger partial charge on any atom is 0.206 e. The number of ether oxygens (including phenoxy) is 14. The van der Waals surface area contributed by atoms with Gasteiger partial charge in [0.05, 0.1) is 66.1 Å². The van der Waals surface area contributed by atoms with Crippen LogP contribution in [0.3, 0.4) is 0 Å². The van der Waals surface area contributed by atoms with Gasteiger partial charge in [0.1, 0.15) is 50.8 Å². The highest BCUT2D eigenvalue weighted by Gasteiger charge is 2.32. The quantitative estimate of drug-likeness (QED) is 0.0141. The number of unbranched alkanes of at least 4 members (excludes halogenated alkanes) is 2. The van der Waals surface area contributed by atoms with Gasteiger partial charge in [-0.3, -0.25) is 0 Å². The van der Waals surface area contributed by atoms with E-state index in [9.17, 15) is 98.0 Å². The first kappa shape index (κ1) is 76.7. The minimum atomic E-state index is -2.43. The number of hydrogen-bond acceptors (Lipinski definition) is 16. The molecule has 4 rings (SSSR count). The molecule has 0 radical (unpaired) electrons. The minimum Gasteiger partial charge on any atom is -0.485 e. The van der Waals surface area contributed by atoms with Crippen LogP contribution < -0.4 is 18.9 Å². The van der Waals surface area contributed by atoms with Gasteiger partial charge in [-0.15, -0.1) is 0 Å². The molecule has 0 aliphatic rings. The average Bonchev–Trinajstić information content (AvgIpc) is 1.16. The van der Waals surface area contributed by atoms with Gasteiger partial charge < -0.3 is 76.5 Å². The Hall–Kier alpha value is -5.80. The van der Waals surface area contributed by atoms with E-state index in [4.69, 9.17) is 56.8 Å². The Balaban J connectivity index is 1.13. The van der Waals surface area contributed by atoms with Crippen molar-refractivity contribution in [1.82, 2.24) is 0 Å². The fraction of sp³-hybridized carbons (Fsp3) is 0.556. The first-order valence-electron chi connectivity index (χ1n) is 26.6. The number of hydrogen-bond donors (Lipinski definition) is 2. The zero-order valence-electron chi connectivity index (χ0n) is 47.2. The SMILES string of the molecule is CC(OCCOCCOCCOC(C)OC(COCCCCOCC(O)COc1c(F)c(F)c(F)c(F)c1F)COc1c(F)c(F)c(F)c(F)c1F)OC(COCCCCOCC(O)COc1c(F)c(F)c(F)c(F)c1F)COc1c(F)c(F)c(F)c(F)c1F. The summed E-state index contributed by atoms with van der Waals surface area (Å²) in [6.45, 7) is -3.34. The monoisotopic (exact) mass is 1340 g/mol. The largest absolute Gasteiger partial charge is 0.485 e. The normalized spacial score (nSPS) is 13.8. The van der Waals surface area contributed by atoms with Gasteiger partial charge in [-0.25, -0.2) is 52.7 Å². The summed E-state index contributed by atoms with van der Waals surface area (Å²) in [7, 11) is 0. The van der Waals surface area contributed by atoms with E-state index in [1.54, 1.807) is 0 Å². The van der Waals surface area contributed by atoms with Crippen LogP contribution >= 0.6 is 0 Å². The Labute approximate surface area is 498 Å². The highest BCUT2D eigenvalue weighted by molar-refractivity contribution is 5.32. The minimum absolute atomic E-state index is 0.0189. The molecule has 4 aromatic carbocycles. The molecule has 0 saturated heterocycles. The van der Waals surface area contributed by atoms with Crippen molar-refractivity contribution in [2.75, 3.05) is 119 Å². The van der Waals surface area contributed by atoms with Crippen molar-refractivity contribution in [3.8, 4) is 23.0 Å². The summed E-state index contributed by atoms with van der Waals surface area (Å²) in [6, 6.07) is 0. The van der Waals surface area contributed by atoms with Crippen LogP contribution in [0.25, 0.3) is 0 Å². The van der Waals surface area contributed by atoms with Gasteiger partial charge >= 0.3 is 0 Å². The van der Waals surface area contributed by atoms with Crippen molar-refractivity contribution in [2.45, 2.75) is 76.5 Å². The van der Waals surface area contributed by atoms with Crippen molar-refractivity contribution >= 4 is 0 Å². The van der Waals surface area contributed by atoms with Crippen molar-refractivity contribution in [3.05, 3.63) is 116 Å². The average molecular weight is 1340 g/mol. The molecule has 90 heavy (non-hydrogen) atoms. The predicted molar refractivity (Wildman–Crippen MR) is 263 cm³/mol. The summed E-state index contributed by atoms with van der Waals surface area (Å²) in [5.41, 5.74) is 0. The first-order chi connectivity index (χ1) is 42.7. The van der Waals surface area contributed by atoms with Crippen molar-refractivity contribution < 1.29 is 164 Å². The van der Waals surface area contributed by atoms with E-state index in [1.807, 2.05) is 0 Å². The Morgan fingerprint density at radius 2 is 0.456 bits per heavy atom. The molecule has 0 bridgehead atoms. The molecule has 0 fully saturated rings. The van der Waals surface area contributed by atoms with E-state index in [0.717, 1.165) is 0 Å². The Morgan fingerprint density at radius 1 is 0.244 bits per heavy atom. The summed E-state index contributed by atoms with van der Waals surface area (Å²) in [4.78, 5) is 0. The highest BCUT2D eigenvalue weighted by atomic mass is 19.2. The Kier molecular flexibility index (Phi) is 33.1. The summed E-state index contributed by atoms with van der Waals surface area (Å²) >= 11 is 0. The molecule has 6 unspecified atom stereocenters. The number of halogens is 20.